The van der Waals surface area contributed by atoms with E-state index in [9.17, 15) is 0 Å². The van der Waals surface area contributed by atoms with Gasteiger partial charge in [0.25, 0.3) is 0 Å². The van der Waals surface area contributed by atoms with Crippen LogP contribution in [0.1, 0.15) is 18.1 Å². The molecular weight excluding hydrogens is 340 g/mol. The van der Waals surface area contributed by atoms with Crippen LogP contribution in [-0.2, 0) is 6.42 Å². The molecular formula is C15H14BrClN2O. The molecule has 0 aliphatic carbocycles. The van der Waals surface area contributed by atoms with Crippen molar-refractivity contribution in [3.8, 4) is 11.5 Å². The summed E-state index contributed by atoms with van der Waals surface area (Å²) in [5.41, 5.74) is 7.16. The Kier molecular flexibility index (Phi) is 4.68. The monoisotopic (exact) mass is 352 g/mol. The highest BCUT2D eigenvalue weighted by Gasteiger charge is 2.12. The van der Waals surface area contributed by atoms with E-state index >= 15 is 0 Å². The molecule has 104 valence electrons. The van der Waals surface area contributed by atoms with E-state index in [1.54, 1.807) is 18.2 Å². The van der Waals surface area contributed by atoms with Gasteiger partial charge >= 0.3 is 0 Å². The summed E-state index contributed by atoms with van der Waals surface area (Å²) < 4.78 is 6.57. The number of nitrogen functional groups attached to an aromatic ring is 1. The number of nitrogens with two attached hydrogens (primary N) is 1. The van der Waals surface area contributed by atoms with E-state index in [1.165, 1.54) is 0 Å². The van der Waals surface area contributed by atoms with Crippen molar-refractivity contribution in [2.75, 3.05) is 0 Å². The summed E-state index contributed by atoms with van der Waals surface area (Å²) in [7, 11) is 0. The van der Waals surface area contributed by atoms with E-state index in [1.807, 2.05) is 25.1 Å². The third-order valence-corrected chi connectivity index (χ3v) is 3.90. The van der Waals surface area contributed by atoms with Crippen LogP contribution in [0.3, 0.4) is 0 Å². The minimum Gasteiger partial charge on any atom is -0.457 e. The van der Waals surface area contributed by atoms with Crippen LogP contribution in [0.15, 0.2) is 40.9 Å². The quantitative estimate of drug-likeness (QED) is 0.616. The zero-order valence-electron chi connectivity index (χ0n) is 10.9. The number of halogens is 2. The number of hydrogen-bond donors (Lipinski definition) is 2. The molecule has 2 aromatic rings. The maximum atomic E-state index is 7.64. The van der Waals surface area contributed by atoms with Gasteiger partial charge in [-0.2, -0.15) is 0 Å². The van der Waals surface area contributed by atoms with Crippen molar-refractivity contribution in [1.82, 2.24) is 0 Å². The highest BCUT2D eigenvalue weighted by molar-refractivity contribution is 9.10. The topological polar surface area (TPSA) is 59.1 Å². The van der Waals surface area contributed by atoms with Crippen LogP contribution in [0.2, 0.25) is 5.02 Å². The normalized spacial score (nSPS) is 10.3. The van der Waals surface area contributed by atoms with E-state index in [4.69, 9.17) is 27.5 Å². The zero-order valence-corrected chi connectivity index (χ0v) is 13.3. The summed E-state index contributed by atoms with van der Waals surface area (Å²) in [5, 5.41) is 8.37. The minimum absolute atomic E-state index is 0.0443. The van der Waals surface area contributed by atoms with Crippen LogP contribution in [-0.4, -0.2) is 5.84 Å². The third kappa shape index (κ3) is 3.14. The molecule has 20 heavy (non-hydrogen) atoms. The van der Waals surface area contributed by atoms with Gasteiger partial charge < -0.3 is 10.5 Å². The van der Waals surface area contributed by atoms with Crippen molar-refractivity contribution in [1.29, 1.82) is 5.41 Å². The number of amidine groups is 1. The lowest BCUT2D eigenvalue weighted by Crippen LogP contribution is -2.13. The predicted octanol–water partition coefficient (Wildman–Crippen LogP) is 4.74. The summed E-state index contributed by atoms with van der Waals surface area (Å²) in [6.07, 6.45) is 0.827. The third-order valence-electron chi connectivity index (χ3n) is 2.87. The van der Waals surface area contributed by atoms with Crippen molar-refractivity contribution in [2.45, 2.75) is 13.3 Å². The number of ether oxygens (including phenoxy) is 1. The van der Waals surface area contributed by atoms with Crippen molar-refractivity contribution >= 4 is 33.4 Å². The number of rotatable bonds is 4. The minimum atomic E-state index is -0.0443. The molecule has 0 heterocycles. The number of aryl methyl sites for hydroxylation is 1. The summed E-state index contributed by atoms with van der Waals surface area (Å²) in [5.74, 6) is 1.17. The molecule has 0 amide bonds. The smallest absolute Gasteiger partial charge is 0.139 e. The van der Waals surface area contributed by atoms with Crippen LogP contribution >= 0.6 is 27.5 Å². The van der Waals surface area contributed by atoms with Crippen LogP contribution in [0, 0.1) is 5.41 Å². The van der Waals surface area contributed by atoms with Gasteiger partial charge in [-0.3, -0.25) is 5.41 Å². The first-order valence-corrected chi connectivity index (χ1v) is 7.29. The molecule has 3 nitrogen and oxygen atoms in total. The van der Waals surface area contributed by atoms with Gasteiger partial charge in [-0.1, -0.05) is 24.6 Å². The van der Waals surface area contributed by atoms with Crippen LogP contribution in [0.25, 0.3) is 0 Å². The second kappa shape index (κ2) is 6.29. The van der Waals surface area contributed by atoms with E-state index in [2.05, 4.69) is 15.9 Å². The molecule has 2 aromatic carbocycles. The molecule has 0 saturated heterocycles. The van der Waals surface area contributed by atoms with E-state index in [-0.39, 0.29) is 5.84 Å². The highest BCUT2D eigenvalue weighted by Crippen LogP contribution is 2.32. The molecule has 0 aromatic heterocycles. The van der Waals surface area contributed by atoms with Gasteiger partial charge in [-0.05, 0) is 58.2 Å². The van der Waals surface area contributed by atoms with Crippen molar-refractivity contribution in [2.24, 2.45) is 5.73 Å². The summed E-state index contributed by atoms with van der Waals surface area (Å²) >= 11 is 9.47. The second-order valence-electron chi connectivity index (χ2n) is 4.24. The molecule has 3 N–H and O–H groups in total. The zero-order chi connectivity index (χ0) is 14.7. The Morgan fingerprint density at radius 2 is 2.10 bits per heavy atom. The molecule has 0 aliphatic rings. The number of nitrogens with one attached hydrogen (secondary N) is 1. The lowest BCUT2D eigenvalue weighted by molar-refractivity contribution is 0.480. The Bertz CT molecular complexity index is 658. The fourth-order valence-corrected chi connectivity index (χ4v) is 2.68. The predicted molar refractivity (Wildman–Crippen MR) is 86.1 cm³/mol. The number of benzene rings is 2. The van der Waals surface area contributed by atoms with Crippen molar-refractivity contribution in [3.63, 3.8) is 0 Å². The molecule has 0 fully saturated rings. The molecule has 0 spiro atoms. The lowest BCUT2D eigenvalue weighted by atomic mass is 10.1. The molecule has 0 radical (unpaired) electrons. The molecule has 0 bridgehead atoms. The first-order chi connectivity index (χ1) is 9.52. The maximum Gasteiger partial charge on any atom is 0.139 e. The van der Waals surface area contributed by atoms with Crippen molar-refractivity contribution < 1.29 is 4.74 Å². The molecule has 0 atom stereocenters. The molecule has 0 aliphatic heterocycles. The summed E-state index contributed by atoms with van der Waals surface area (Å²) in [4.78, 5) is 0. The van der Waals surface area contributed by atoms with Crippen LogP contribution < -0.4 is 10.5 Å². The lowest BCUT2D eigenvalue weighted by Gasteiger charge is -2.13. The van der Waals surface area contributed by atoms with E-state index < -0.39 is 0 Å². The molecule has 5 heteroatoms. The number of hydrogen-bond acceptors (Lipinski definition) is 2. The Labute approximate surface area is 131 Å². The average Bonchev–Trinajstić information content (AvgIpc) is 2.40. The summed E-state index contributed by atoms with van der Waals surface area (Å²) in [6, 6.07) is 10.9. The maximum absolute atomic E-state index is 7.64. The summed E-state index contributed by atoms with van der Waals surface area (Å²) in [6.45, 7) is 2.03. The van der Waals surface area contributed by atoms with Gasteiger partial charge in [0.15, 0.2) is 0 Å². The Balaban J connectivity index is 2.40. The molecule has 0 unspecified atom stereocenters. The van der Waals surface area contributed by atoms with Gasteiger partial charge in [-0.15, -0.1) is 0 Å². The fraction of sp³-hybridized carbons (Fsp3) is 0.133. The van der Waals surface area contributed by atoms with E-state index in [0.29, 0.717) is 17.1 Å². The van der Waals surface area contributed by atoms with E-state index in [0.717, 1.165) is 21.5 Å². The van der Waals surface area contributed by atoms with Gasteiger partial charge in [0.05, 0.1) is 5.56 Å². The molecule has 2 rings (SSSR count). The Hall–Kier alpha value is -1.52. The fourth-order valence-electron chi connectivity index (χ4n) is 1.86. The van der Waals surface area contributed by atoms with Crippen LogP contribution in [0.4, 0.5) is 0 Å². The first kappa shape index (κ1) is 14.9. The highest BCUT2D eigenvalue weighted by atomic mass is 79.9. The van der Waals surface area contributed by atoms with Gasteiger partial charge in [-0.25, -0.2) is 0 Å². The Morgan fingerprint density at radius 1 is 1.35 bits per heavy atom. The van der Waals surface area contributed by atoms with Crippen molar-refractivity contribution in [3.05, 3.63) is 57.0 Å². The molecule has 0 saturated carbocycles. The largest absolute Gasteiger partial charge is 0.457 e. The van der Waals surface area contributed by atoms with Gasteiger partial charge in [0.1, 0.15) is 17.3 Å². The second-order valence-corrected chi connectivity index (χ2v) is 5.50. The first-order valence-electron chi connectivity index (χ1n) is 6.12. The van der Waals surface area contributed by atoms with Gasteiger partial charge in [0.2, 0.25) is 0 Å². The Morgan fingerprint density at radius 3 is 2.75 bits per heavy atom. The SMILES string of the molecule is CCc1cc(Oc2cccc(Br)c2C(=N)N)ccc1Cl. The standard InChI is InChI=1S/C15H14BrClN2O/c1-2-9-8-10(6-7-12(9)17)20-13-5-3-4-11(16)14(13)15(18)19/h3-8H,2H2,1H3,(H3,18,19). The van der Waals surface area contributed by atoms with Gasteiger partial charge in [0, 0.05) is 9.50 Å². The van der Waals surface area contributed by atoms with Crippen LogP contribution in [0.5, 0.6) is 11.5 Å². The average molecular weight is 354 g/mol.